The Balaban J connectivity index is 1.43. The van der Waals surface area contributed by atoms with Crippen molar-refractivity contribution < 1.29 is 31.9 Å². The molecule has 0 saturated carbocycles. The van der Waals surface area contributed by atoms with Gasteiger partial charge in [-0.05, 0) is 49.9 Å². The van der Waals surface area contributed by atoms with Gasteiger partial charge in [-0.1, -0.05) is 11.2 Å². The van der Waals surface area contributed by atoms with Crippen LogP contribution in [0.15, 0.2) is 22.6 Å². The van der Waals surface area contributed by atoms with Crippen LogP contribution in [0.3, 0.4) is 0 Å². The van der Waals surface area contributed by atoms with Crippen molar-refractivity contribution in [3.05, 3.63) is 40.8 Å². The number of aryl methyl sites for hydroxylation is 2. The van der Waals surface area contributed by atoms with Crippen LogP contribution in [0.25, 0.3) is 0 Å². The Bertz CT molecular complexity index is 864. The van der Waals surface area contributed by atoms with Crippen LogP contribution in [0, 0.1) is 13.8 Å². The van der Waals surface area contributed by atoms with Gasteiger partial charge in [0.1, 0.15) is 6.61 Å². The number of ether oxygens (including phenoxy) is 2. The molecule has 30 heavy (non-hydrogen) atoms. The summed E-state index contributed by atoms with van der Waals surface area (Å²) in [4.78, 5) is 12.4. The van der Waals surface area contributed by atoms with Gasteiger partial charge in [0.15, 0.2) is 0 Å². The smallest absolute Gasteiger partial charge is 0.447 e. The van der Waals surface area contributed by atoms with Crippen molar-refractivity contribution in [2.45, 2.75) is 45.1 Å². The minimum Gasteiger partial charge on any atom is -0.447 e. The van der Waals surface area contributed by atoms with Gasteiger partial charge in [0, 0.05) is 18.2 Å². The molecule has 1 aliphatic rings. The zero-order valence-corrected chi connectivity index (χ0v) is 16.6. The minimum atomic E-state index is -4.71. The first-order valence-electron chi connectivity index (χ1n) is 9.49. The van der Waals surface area contributed by atoms with E-state index in [0.29, 0.717) is 24.9 Å². The highest BCUT2D eigenvalue weighted by molar-refractivity contribution is 5.94. The second kappa shape index (κ2) is 9.43. The molecular formula is C19H23F3N4O4. The first kappa shape index (κ1) is 22.0. The number of benzene rings is 1. The van der Waals surface area contributed by atoms with E-state index in [1.807, 2.05) is 26.0 Å². The van der Waals surface area contributed by atoms with Gasteiger partial charge in [-0.2, -0.15) is 0 Å². The Kier molecular flexibility index (Phi) is 6.93. The molecule has 2 N–H and O–H groups in total. The third-order valence-corrected chi connectivity index (χ3v) is 4.81. The summed E-state index contributed by atoms with van der Waals surface area (Å²) in [5.74, 6) is 0.151. The summed E-state index contributed by atoms with van der Waals surface area (Å²) < 4.78 is 49.6. The molecule has 0 bridgehead atoms. The van der Waals surface area contributed by atoms with Gasteiger partial charge in [-0.3, -0.25) is 9.53 Å². The molecule has 164 valence electrons. The quantitative estimate of drug-likeness (QED) is 0.655. The monoisotopic (exact) mass is 428 g/mol. The average molecular weight is 428 g/mol. The van der Waals surface area contributed by atoms with Crippen molar-refractivity contribution in [2.75, 3.05) is 19.8 Å². The van der Waals surface area contributed by atoms with E-state index in [-0.39, 0.29) is 36.6 Å². The number of piperidine rings is 1. The van der Waals surface area contributed by atoms with Crippen LogP contribution in [0.4, 0.5) is 13.2 Å². The van der Waals surface area contributed by atoms with Gasteiger partial charge in [-0.25, -0.2) is 0 Å². The van der Waals surface area contributed by atoms with E-state index in [9.17, 15) is 18.0 Å². The van der Waals surface area contributed by atoms with Crippen LogP contribution in [-0.4, -0.2) is 48.3 Å². The van der Waals surface area contributed by atoms with Crippen LogP contribution in [0.2, 0.25) is 0 Å². The second-order valence-corrected chi connectivity index (χ2v) is 7.06. The highest BCUT2D eigenvalue weighted by Crippen LogP contribution is 2.24. The molecule has 1 amide bonds. The van der Waals surface area contributed by atoms with Crippen molar-refractivity contribution in [3.8, 4) is 6.08 Å². The summed E-state index contributed by atoms with van der Waals surface area (Å²) in [6.07, 6.45) is -3.59. The molecule has 0 unspecified atom stereocenters. The molecule has 2 aromatic rings. The number of hydrogen-bond donors (Lipinski definition) is 2. The van der Waals surface area contributed by atoms with E-state index in [2.05, 4.69) is 25.6 Å². The Morgan fingerprint density at radius 3 is 2.70 bits per heavy atom. The number of nitrogens with one attached hydrogen (secondary N) is 2. The SMILES string of the molecule is Cc1ccc(C(=O)N[C@H]2CC[C@H](c3nnc(OCCOC(F)(F)F)o3)NC2)cc1C. The number of aromatic nitrogens is 2. The Morgan fingerprint density at radius 1 is 1.23 bits per heavy atom. The summed E-state index contributed by atoms with van der Waals surface area (Å²) in [5.41, 5.74) is 2.81. The predicted molar refractivity (Wildman–Crippen MR) is 98.9 cm³/mol. The normalized spacial score (nSPS) is 19.5. The van der Waals surface area contributed by atoms with Crippen molar-refractivity contribution >= 4 is 5.91 Å². The fraction of sp³-hybridized carbons (Fsp3) is 0.526. The Morgan fingerprint density at radius 2 is 2.03 bits per heavy atom. The highest BCUT2D eigenvalue weighted by atomic mass is 19.4. The number of rotatable bonds is 7. The summed E-state index contributed by atoms with van der Waals surface area (Å²) in [6.45, 7) is 3.42. The molecule has 2 atom stereocenters. The van der Waals surface area contributed by atoms with E-state index in [1.165, 1.54) is 0 Å². The van der Waals surface area contributed by atoms with Gasteiger partial charge in [0.2, 0.25) is 5.89 Å². The van der Waals surface area contributed by atoms with Crippen molar-refractivity contribution in [1.82, 2.24) is 20.8 Å². The number of carbonyl (C=O) groups is 1. The standard InChI is InChI=1S/C19H23F3N4O4/c1-11-3-4-13(9-12(11)2)16(27)24-14-5-6-15(23-10-14)17-25-26-18(30-17)28-7-8-29-19(20,21)22/h3-4,9,14-15,23H,5-8,10H2,1-2H3,(H,24,27)/t14-,15+/m0/s1. The zero-order valence-electron chi connectivity index (χ0n) is 16.6. The van der Waals surface area contributed by atoms with Gasteiger partial charge in [-0.15, -0.1) is 18.3 Å². The lowest BCUT2D eigenvalue weighted by molar-refractivity contribution is -0.325. The molecule has 11 heteroatoms. The molecule has 0 spiro atoms. The fourth-order valence-electron chi connectivity index (χ4n) is 3.05. The molecule has 1 fully saturated rings. The van der Waals surface area contributed by atoms with Crippen molar-refractivity contribution in [1.29, 1.82) is 0 Å². The third kappa shape index (κ3) is 6.17. The number of carbonyl (C=O) groups excluding carboxylic acids is 1. The number of halogens is 3. The number of hydrogen-bond acceptors (Lipinski definition) is 7. The molecular weight excluding hydrogens is 405 g/mol. The maximum absolute atomic E-state index is 12.4. The second-order valence-electron chi connectivity index (χ2n) is 7.06. The number of nitrogens with zero attached hydrogens (tertiary/aromatic N) is 2. The Labute approximate surface area is 171 Å². The average Bonchev–Trinajstić information content (AvgIpc) is 3.16. The first-order valence-corrected chi connectivity index (χ1v) is 9.49. The number of alkyl halides is 3. The molecule has 1 aliphatic heterocycles. The Hall–Kier alpha value is -2.66. The van der Waals surface area contributed by atoms with E-state index in [0.717, 1.165) is 11.1 Å². The van der Waals surface area contributed by atoms with Crippen LogP contribution < -0.4 is 15.4 Å². The maximum Gasteiger partial charge on any atom is 0.522 e. The maximum atomic E-state index is 12.4. The molecule has 0 aliphatic carbocycles. The largest absolute Gasteiger partial charge is 0.522 e. The molecule has 1 aromatic carbocycles. The summed E-state index contributed by atoms with van der Waals surface area (Å²) in [5, 5.41) is 13.8. The molecule has 8 nitrogen and oxygen atoms in total. The van der Waals surface area contributed by atoms with Gasteiger partial charge in [0.05, 0.1) is 12.6 Å². The molecule has 2 heterocycles. The lowest BCUT2D eigenvalue weighted by atomic mass is 10.00. The van der Waals surface area contributed by atoms with Crippen molar-refractivity contribution in [3.63, 3.8) is 0 Å². The topological polar surface area (TPSA) is 98.5 Å². The van der Waals surface area contributed by atoms with Gasteiger partial charge >= 0.3 is 12.4 Å². The molecule has 0 radical (unpaired) electrons. The van der Waals surface area contributed by atoms with Crippen LogP contribution in [0.1, 0.15) is 46.3 Å². The lowest BCUT2D eigenvalue weighted by Crippen LogP contribution is -2.46. The molecule has 1 aromatic heterocycles. The molecule has 1 saturated heterocycles. The number of amides is 1. The van der Waals surface area contributed by atoms with E-state index in [1.54, 1.807) is 6.07 Å². The predicted octanol–water partition coefficient (Wildman–Crippen LogP) is 2.82. The summed E-state index contributed by atoms with van der Waals surface area (Å²) in [6, 6.07) is 5.31. The van der Waals surface area contributed by atoms with Crippen molar-refractivity contribution in [2.24, 2.45) is 0 Å². The lowest BCUT2D eigenvalue weighted by Gasteiger charge is -2.28. The summed E-state index contributed by atoms with van der Waals surface area (Å²) in [7, 11) is 0. The zero-order chi connectivity index (χ0) is 21.7. The molecule has 3 rings (SSSR count). The van der Waals surface area contributed by atoms with E-state index >= 15 is 0 Å². The van der Waals surface area contributed by atoms with Gasteiger partial charge < -0.3 is 19.8 Å². The summed E-state index contributed by atoms with van der Waals surface area (Å²) >= 11 is 0. The van der Waals surface area contributed by atoms with E-state index in [4.69, 9.17) is 9.15 Å². The minimum absolute atomic E-state index is 0.0477. The van der Waals surface area contributed by atoms with Crippen LogP contribution in [0.5, 0.6) is 6.08 Å². The van der Waals surface area contributed by atoms with Crippen LogP contribution in [-0.2, 0) is 4.74 Å². The fourth-order valence-corrected chi connectivity index (χ4v) is 3.05. The highest BCUT2D eigenvalue weighted by Gasteiger charge is 2.29. The van der Waals surface area contributed by atoms with Gasteiger partial charge in [0.25, 0.3) is 5.91 Å². The van der Waals surface area contributed by atoms with E-state index < -0.39 is 13.0 Å². The first-order chi connectivity index (χ1) is 14.2. The van der Waals surface area contributed by atoms with Crippen LogP contribution >= 0.6 is 0 Å². The third-order valence-electron chi connectivity index (χ3n) is 4.81.